The summed E-state index contributed by atoms with van der Waals surface area (Å²) >= 11 is 7.25. The molecule has 0 aliphatic carbocycles. The normalized spacial score (nSPS) is 11.4. The zero-order valence-corrected chi connectivity index (χ0v) is 20.0. The molecule has 0 aliphatic rings. The Bertz CT molecular complexity index is 1100. The quantitative estimate of drug-likeness (QED) is 0.388. The third-order valence-electron chi connectivity index (χ3n) is 4.67. The summed E-state index contributed by atoms with van der Waals surface area (Å²) < 4.78 is 10.6. The van der Waals surface area contributed by atoms with Crippen LogP contribution in [0.1, 0.15) is 23.7 Å². The van der Waals surface area contributed by atoms with E-state index >= 15 is 0 Å². The Balaban J connectivity index is 1.72. The van der Waals surface area contributed by atoms with Gasteiger partial charge in [-0.3, -0.25) is 9.59 Å². The van der Waals surface area contributed by atoms with Crippen LogP contribution in [-0.4, -0.2) is 36.3 Å². The Labute approximate surface area is 201 Å². The van der Waals surface area contributed by atoms with E-state index in [1.54, 1.807) is 36.4 Å². The van der Waals surface area contributed by atoms with Crippen LogP contribution >= 0.6 is 23.4 Å². The molecule has 9 heteroatoms. The fraction of sp³-hybridized carbons (Fsp3) is 0.208. The molecule has 0 aliphatic heterocycles. The van der Waals surface area contributed by atoms with Gasteiger partial charge in [-0.1, -0.05) is 30.7 Å². The van der Waals surface area contributed by atoms with Crippen molar-refractivity contribution in [2.45, 2.75) is 23.5 Å². The van der Waals surface area contributed by atoms with Gasteiger partial charge in [-0.25, -0.2) is 4.98 Å². The first-order valence-corrected chi connectivity index (χ1v) is 11.4. The molecule has 0 fully saturated rings. The van der Waals surface area contributed by atoms with Gasteiger partial charge in [-0.2, -0.15) is 0 Å². The highest BCUT2D eigenvalue weighted by atomic mass is 35.5. The van der Waals surface area contributed by atoms with Gasteiger partial charge in [0.25, 0.3) is 5.91 Å². The van der Waals surface area contributed by atoms with E-state index in [0.717, 1.165) is 4.90 Å². The summed E-state index contributed by atoms with van der Waals surface area (Å²) in [7, 11) is 3.00. The van der Waals surface area contributed by atoms with E-state index in [0.29, 0.717) is 40.0 Å². The minimum Gasteiger partial charge on any atom is -0.496 e. The summed E-state index contributed by atoms with van der Waals surface area (Å²) in [6.07, 6.45) is 2.09. The number of halogens is 1. The molecule has 0 radical (unpaired) electrons. The van der Waals surface area contributed by atoms with Crippen LogP contribution in [0.2, 0.25) is 5.02 Å². The zero-order chi connectivity index (χ0) is 23.8. The van der Waals surface area contributed by atoms with E-state index < -0.39 is 0 Å². The largest absolute Gasteiger partial charge is 0.496 e. The number of anilines is 2. The molecule has 1 unspecified atom stereocenters. The number of aromatic nitrogens is 1. The Morgan fingerprint density at radius 3 is 2.33 bits per heavy atom. The number of methoxy groups -OCH3 is 2. The van der Waals surface area contributed by atoms with Gasteiger partial charge in [0, 0.05) is 16.8 Å². The van der Waals surface area contributed by atoms with Gasteiger partial charge >= 0.3 is 0 Å². The summed E-state index contributed by atoms with van der Waals surface area (Å²) in [6.45, 7) is 1.94. The number of amides is 2. The smallest absolute Gasteiger partial charge is 0.263 e. The number of rotatable bonds is 9. The van der Waals surface area contributed by atoms with Crippen molar-refractivity contribution >= 4 is 46.7 Å². The van der Waals surface area contributed by atoms with Crippen LogP contribution in [-0.2, 0) is 4.79 Å². The molecule has 0 saturated carbocycles. The number of thioether (sulfide) groups is 1. The highest BCUT2D eigenvalue weighted by Crippen LogP contribution is 2.31. The highest BCUT2D eigenvalue weighted by molar-refractivity contribution is 8.00. The van der Waals surface area contributed by atoms with Crippen molar-refractivity contribution in [2.75, 3.05) is 24.9 Å². The molecule has 7 nitrogen and oxygen atoms in total. The van der Waals surface area contributed by atoms with Crippen molar-refractivity contribution in [2.24, 2.45) is 0 Å². The molecule has 2 amide bonds. The number of nitrogens with one attached hydrogen (secondary N) is 2. The predicted molar refractivity (Wildman–Crippen MR) is 132 cm³/mol. The van der Waals surface area contributed by atoms with E-state index in [1.165, 1.54) is 32.2 Å². The molecule has 172 valence electrons. The topological polar surface area (TPSA) is 89.5 Å². The summed E-state index contributed by atoms with van der Waals surface area (Å²) in [5, 5.41) is 5.84. The molecule has 1 atom stereocenters. The average molecular weight is 486 g/mol. The van der Waals surface area contributed by atoms with Crippen molar-refractivity contribution in [3.63, 3.8) is 0 Å². The molecule has 33 heavy (non-hydrogen) atoms. The third-order valence-corrected chi connectivity index (χ3v) is 6.25. The number of benzene rings is 2. The van der Waals surface area contributed by atoms with E-state index in [9.17, 15) is 9.59 Å². The molecule has 0 bridgehead atoms. The highest BCUT2D eigenvalue weighted by Gasteiger charge is 2.20. The van der Waals surface area contributed by atoms with Crippen LogP contribution in [0.15, 0.2) is 65.7 Å². The van der Waals surface area contributed by atoms with Gasteiger partial charge in [-0.05, 0) is 48.9 Å². The van der Waals surface area contributed by atoms with E-state index in [1.807, 2.05) is 25.1 Å². The fourth-order valence-corrected chi connectivity index (χ4v) is 4.18. The van der Waals surface area contributed by atoms with Crippen molar-refractivity contribution in [1.82, 2.24) is 4.98 Å². The van der Waals surface area contributed by atoms with Gasteiger partial charge < -0.3 is 20.1 Å². The van der Waals surface area contributed by atoms with Gasteiger partial charge in [0.2, 0.25) is 5.91 Å². The molecule has 1 heterocycles. The minimum atomic E-state index is -0.356. The number of ether oxygens (including phenoxy) is 2. The number of hydrogen-bond donors (Lipinski definition) is 2. The van der Waals surface area contributed by atoms with Gasteiger partial charge in [0.1, 0.15) is 22.9 Å². The molecule has 0 saturated heterocycles. The SMILES string of the molecule is CCC(Sc1cccc(NC(=O)c2c(OC)cccc2OC)c1)C(=O)Nc1ccc(Cl)cn1. The molecular weight excluding hydrogens is 462 g/mol. The standard InChI is InChI=1S/C24H24ClN3O4S/c1-4-20(23(29)28-21-12-11-15(25)14-26-21)33-17-8-5-7-16(13-17)27-24(30)22-18(31-2)9-6-10-19(22)32-3/h5-14,20H,4H2,1-3H3,(H,27,30)(H,26,28,29). The third kappa shape index (κ3) is 6.40. The monoisotopic (exact) mass is 485 g/mol. The Kier molecular flexibility index (Phi) is 8.57. The van der Waals surface area contributed by atoms with E-state index in [-0.39, 0.29) is 17.1 Å². The maximum atomic E-state index is 12.9. The average Bonchev–Trinajstić information content (AvgIpc) is 2.83. The molecule has 2 aromatic carbocycles. The summed E-state index contributed by atoms with van der Waals surface area (Å²) in [5.41, 5.74) is 0.898. The Morgan fingerprint density at radius 1 is 1.03 bits per heavy atom. The maximum absolute atomic E-state index is 12.9. The number of nitrogens with zero attached hydrogens (tertiary/aromatic N) is 1. The van der Waals surface area contributed by atoms with Crippen LogP contribution < -0.4 is 20.1 Å². The fourth-order valence-electron chi connectivity index (χ4n) is 3.06. The second kappa shape index (κ2) is 11.6. The summed E-state index contributed by atoms with van der Waals surface area (Å²) in [5.74, 6) is 0.748. The number of pyridine rings is 1. The first kappa shape index (κ1) is 24.4. The second-order valence-corrected chi connectivity index (χ2v) is 8.60. The molecule has 3 aromatic rings. The first-order chi connectivity index (χ1) is 15.9. The second-order valence-electron chi connectivity index (χ2n) is 6.89. The van der Waals surface area contributed by atoms with Gasteiger partial charge in [-0.15, -0.1) is 11.8 Å². The van der Waals surface area contributed by atoms with Gasteiger partial charge in [0.05, 0.1) is 24.5 Å². The van der Waals surface area contributed by atoms with Crippen LogP contribution in [0.25, 0.3) is 0 Å². The Morgan fingerprint density at radius 2 is 1.73 bits per heavy atom. The maximum Gasteiger partial charge on any atom is 0.263 e. The molecular formula is C24H24ClN3O4S. The van der Waals surface area contributed by atoms with Crippen LogP contribution in [0.5, 0.6) is 11.5 Å². The van der Waals surface area contributed by atoms with E-state index in [4.69, 9.17) is 21.1 Å². The van der Waals surface area contributed by atoms with Crippen molar-refractivity contribution in [3.05, 3.63) is 71.4 Å². The first-order valence-electron chi connectivity index (χ1n) is 10.2. The van der Waals surface area contributed by atoms with E-state index in [2.05, 4.69) is 15.6 Å². The minimum absolute atomic E-state index is 0.162. The lowest BCUT2D eigenvalue weighted by atomic mass is 10.1. The zero-order valence-electron chi connectivity index (χ0n) is 18.4. The molecule has 2 N–H and O–H groups in total. The summed E-state index contributed by atoms with van der Waals surface area (Å²) in [6, 6.07) is 15.8. The molecule has 3 rings (SSSR count). The van der Waals surface area contributed by atoms with Crippen LogP contribution in [0.3, 0.4) is 0 Å². The van der Waals surface area contributed by atoms with Crippen LogP contribution in [0.4, 0.5) is 11.5 Å². The lowest BCUT2D eigenvalue weighted by Gasteiger charge is -2.16. The predicted octanol–water partition coefficient (Wildman–Crippen LogP) is 5.51. The van der Waals surface area contributed by atoms with Crippen molar-refractivity contribution in [3.8, 4) is 11.5 Å². The number of carbonyl (C=O) groups is 2. The van der Waals surface area contributed by atoms with Crippen molar-refractivity contribution < 1.29 is 19.1 Å². The van der Waals surface area contributed by atoms with Gasteiger partial charge in [0.15, 0.2) is 0 Å². The molecule has 1 aromatic heterocycles. The lowest BCUT2D eigenvalue weighted by Crippen LogP contribution is -2.25. The van der Waals surface area contributed by atoms with Crippen LogP contribution in [0, 0.1) is 0 Å². The Hall–Kier alpha value is -3.23. The van der Waals surface area contributed by atoms with Crippen molar-refractivity contribution in [1.29, 1.82) is 0 Å². The number of carbonyl (C=O) groups excluding carboxylic acids is 2. The molecule has 0 spiro atoms. The lowest BCUT2D eigenvalue weighted by molar-refractivity contribution is -0.115. The summed E-state index contributed by atoms with van der Waals surface area (Å²) in [4.78, 5) is 30.6. The number of hydrogen-bond acceptors (Lipinski definition) is 6.